The van der Waals surface area contributed by atoms with Gasteiger partial charge in [-0.15, -0.1) is 0 Å². The van der Waals surface area contributed by atoms with Crippen molar-refractivity contribution in [3.8, 4) is 0 Å². The van der Waals surface area contributed by atoms with Crippen LogP contribution >= 0.6 is 11.8 Å². The van der Waals surface area contributed by atoms with Crippen LogP contribution in [0, 0.1) is 0 Å². The second-order valence-electron chi connectivity index (χ2n) is 8.21. The zero-order valence-electron chi connectivity index (χ0n) is 17.5. The molecule has 3 saturated heterocycles. The van der Waals surface area contributed by atoms with Gasteiger partial charge in [-0.3, -0.25) is 14.4 Å². The second-order valence-corrected chi connectivity index (χ2v) is 9.19. The fourth-order valence-corrected chi connectivity index (χ4v) is 5.11. The molecule has 3 rings (SSSR count). The van der Waals surface area contributed by atoms with E-state index in [-0.39, 0.29) is 17.9 Å². The molecule has 0 spiro atoms. The molecule has 168 valence electrons. The van der Waals surface area contributed by atoms with E-state index in [0.29, 0.717) is 44.5 Å². The smallest absolute Gasteiger partial charge is 0.326 e. The third-order valence-corrected chi connectivity index (χ3v) is 6.89. The largest absolute Gasteiger partial charge is 0.480 e. The predicted octanol–water partition coefficient (Wildman–Crippen LogP) is 0.0429. The number of carbonyl (C=O) groups excluding carboxylic acids is 3. The number of aliphatic carboxylic acids is 1. The Morgan fingerprint density at radius 1 is 1.03 bits per heavy atom. The van der Waals surface area contributed by atoms with Crippen molar-refractivity contribution in [1.82, 2.24) is 20.4 Å². The number of hydrogen-bond acceptors (Lipinski definition) is 6. The summed E-state index contributed by atoms with van der Waals surface area (Å²) >= 11 is 1.52. The van der Waals surface area contributed by atoms with Crippen molar-refractivity contribution in [2.75, 3.05) is 31.6 Å². The summed E-state index contributed by atoms with van der Waals surface area (Å²) < 4.78 is 0. The Morgan fingerprint density at radius 2 is 1.70 bits per heavy atom. The van der Waals surface area contributed by atoms with Crippen molar-refractivity contribution in [2.45, 2.75) is 69.1 Å². The molecule has 3 heterocycles. The van der Waals surface area contributed by atoms with Crippen LogP contribution in [-0.2, 0) is 19.2 Å². The number of carboxylic acid groups (broad SMARTS) is 1. The van der Waals surface area contributed by atoms with Gasteiger partial charge in [0.05, 0.1) is 6.04 Å². The first-order valence-corrected chi connectivity index (χ1v) is 12.2. The van der Waals surface area contributed by atoms with Crippen molar-refractivity contribution in [3.05, 3.63) is 0 Å². The maximum atomic E-state index is 13.3. The molecule has 0 saturated carbocycles. The van der Waals surface area contributed by atoms with Gasteiger partial charge in [-0.25, -0.2) is 4.79 Å². The van der Waals surface area contributed by atoms with Gasteiger partial charge in [0, 0.05) is 13.1 Å². The summed E-state index contributed by atoms with van der Waals surface area (Å²) in [5.74, 6) is -1.06. The van der Waals surface area contributed by atoms with Gasteiger partial charge in [-0.05, 0) is 63.5 Å². The Hall–Kier alpha value is -1.81. The summed E-state index contributed by atoms with van der Waals surface area (Å²) in [6.45, 7) is 1.84. The van der Waals surface area contributed by atoms with Gasteiger partial charge >= 0.3 is 5.97 Å². The molecular formula is C20H32N4O5S. The molecule has 0 bridgehead atoms. The lowest BCUT2D eigenvalue weighted by Gasteiger charge is -2.32. The molecule has 3 aliphatic heterocycles. The normalized spacial score (nSPS) is 27.3. The lowest BCUT2D eigenvalue weighted by Crippen LogP contribution is -2.56. The third kappa shape index (κ3) is 5.08. The molecule has 0 aromatic carbocycles. The van der Waals surface area contributed by atoms with Crippen LogP contribution in [0.25, 0.3) is 0 Å². The van der Waals surface area contributed by atoms with Crippen molar-refractivity contribution in [2.24, 2.45) is 0 Å². The first-order chi connectivity index (χ1) is 14.4. The van der Waals surface area contributed by atoms with Gasteiger partial charge in [-0.2, -0.15) is 11.8 Å². The number of carbonyl (C=O) groups is 4. The highest BCUT2D eigenvalue weighted by atomic mass is 32.2. The quantitative estimate of drug-likeness (QED) is 0.488. The Balaban J connectivity index is 1.64. The predicted molar refractivity (Wildman–Crippen MR) is 113 cm³/mol. The second kappa shape index (κ2) is 10.5. The molecule has 30 heavy (non-hydrogen) atoms. The molecule has 4 atom stereocenters. The molecule has 4 unspecified atom stereocenters. The van der Waals surface area contributed by atoms with E-state index in [9.17, 15) is 24.3 Å². The van der Waals surface area contributed by atoms with Crippen molar-refractivity contribution in [3.63, 3.8) is 0 Å². The standard InChI is InChI=1S/C20H32N4O5S/c1-30-12-8-14(20(28)29)22-17(25)15-6-3-10-23(15)19(27)16-7-4-11-24(16)18(26)13-5-2-9-21-13/h13-16,21H,2-12H2,1H3,(H,22,25)(H,28,29). The number of carboxylic acids is 1. The fraction of sp³-hybridized carbons (Fsp3) is 0.800. The minimum Gasteiger partial charge on any atom is -0.480 e. The van der Waals surface area contributed by atoms with Crippen LogP contribution in [-0.4, -0.2) is 94.4 Å². The first kappa shape index (κ1) is 22.9. The molecule has 0 radical (unpaired) electrons. The molecule has 3 N–H and O–H groups in total. The first-order valence-electron chi connectivity index (χ1n) is 10.8. The van der Waals surface area contributed by atoms with E-state index in [2.05, 4.69) is 10.6 Å². The van der Waals surface area contributed by atoms with E-state index in [0.717, 1.165) is 25.8 Å². The highest BCUT2D eigenvalue weighted by Crippen LogP contribution is 2.26. The van der Waals surface area contributed by atoms with Gasteiger partial charge in [0.25, 0.3) is 0 Å². The monoisotopic (exact) mass is 440 g/mol. The van der Waals surface area contributed by atoms with Gasteiger partial charge < -0.3 is 25.5 Å². The zero-order chi connectivity index (χ0) is 21.7. The van der Waals surface area contributed by atoms with Crippen molar-refractivity contribution in [1.29, 1.82) is 0 Å². The van der Waals surface area contributed by atoms with Crippen LogP contribution in [0.3, 0.4) is 0 Å². The number of amides is 3. The van der Waals surface area contributed by atoms with Crippen LogP contribution in [0.1, 0.15) is 44.9 Å². The highest BCUT2D eigenvalue weighted by Gasteiger charge is 2.43. The van der Waals surface area contributed by atoms with Crippen LogP contribution in [0.4, 0.5) is 0 Å². The Labute approximate surface area is 181 Å². The Morgan fingerprint density at radius 3 is 2.30 bits per heavy atom. The maximum Gasteiger partial charge on any atom is 0.326 e. The number of rotatable bonds is 8. The average Bonchev–Trinajstić information content (AvgIpc) is 3.50. The SMILES string of the molecule is CSCCC(NC(=O)C1CCCN1C(=O)C1CCCN1C(=O)C1CCCN1)C(=O)O. The topological polar surface area (TPSA) is 119 Å². The van der Waals surface area contributed by atoms with Crippen LogP contribution in [0.2, 0.25) is 0 Å². The van der Waals surface area contributed by atoms with Crippen LogP contribution in [0.15, 0.2) is 0 Å². The fourth-order valence-electron chi connectivity index (χ4n) is 4.64. The minimum absolute atomic E-state index is 0.0217. The van der Waals surface area contributed by atoms with E-state index in [1.807, 2.05) is 6.26 Å². The number of nitrogens with zero attached hydrogens (tertiary/aromatic N) is 2. The van der Waals surface area contributed by atoms with Crippen LogP contribution in [0.5, 0.6) is 0 Å². The zero-order valence-corrected chi connectivity index (χ0v) is 18.3. The molecule has 3 fully saturated rings. The van der Waals surface area contributed by atoms with E-state index in [4.69, 9.17) is 0 Å². The van der Waals surface area contributed by atoms with Gasteiger partial charge in [-0.1, -0.05) is 0 Å². The molecule has 10 heteroatoms. The molecule has 0 aliphatic carbocycles. The van der Waals surface area contributed by atoms with Crippen molar-refractivity contribution >= 4 is 35.5 Å². The number of likely N-dealkylation sites (tertiary alicyclic amines) is 2. The van der Waals surface area contributed by atoms with E-state index in [1.165, 1.54) is 11.8 Å². The number of nitrogens with one attached hydrogen (secondary N) is 2. The highest BCUT2D eigenvalue weighted by molar-refractivity contribution is 7.98. The maximum absolute atomic E-state index is 13.3. The average molecular weight is 441 g/mol. The van der Waals surface area contributed by atoms with E-state index >= 15 is 0 Å². The lowest BCUT2D eigenvalue weighted by atomic mass is 10.1. The molecule has 3 aliphatic rings. The summed E-state index contributed by atoms with van der Waals surface area (Å²) in [6, 6.07) is -2.37. The van der Waals surface area contributed by atoms with Gasteiger partial charge in [0.2, 0.25) is 17.7 Å². The molecule has 3 amide bonds. The van der Waals surface area contributed by atoms with E-state index in [1.54, 1.807) is 9.80 Å². The third-order valence-electron chi connectivity index (χ3n) is 6.24. The summed E-state index contributed by atoms with van der Waals surface area (Å²) in [7, 11) is 0. The van der Waals surface area contributed by atoms with Crippen molar-refractivity contribution < 1.29 is 24.3 Å². The number of thioether (sulfide) groups is 1. The van der Waals surface area contributed by atoms with Crippen LogP contribution < -0.4 is 10.6 Å². The molecular weight excluding hydrogens is 408 g/mol. The summed E-state index contributed by atoms with van der Waals surface area (Å²) in [4.78, 5) is 53.7. The lowest BCUT2D eigenvalue weighted by molar-refractivity contribution is -0.148. The van der Waals surface area contributed by atoms with Gasteiger partial charge in [0.1, 0.15) is 18.1 Å². The Kier molecular flexibility index (Phi) is 7.99. The van der Waals surface area contributed by atoms with E-state index < -0.39 is 30.0 Å². The molecule has 0 aromatic rings. The summed E-state index contributed by atoms with van der Waals surface area (Å²) in [6.07, 6.45) is 6.55. The number of hydrogen-bond donors (Lipinski definition) is 3. The molecule has 9 nitrogen and oxygen atoms in total. The summed E-state index contributed by atoms with van der Waals surface area (Å²) in [5.41, 5.74) is 0. The summed E-state index contributed by atoms with van der Waals surface area (Å²) in [5, 5.41) is 15.2. The Bertz CT molecular complexity index is 670. The van der Waals surface area contributed by atoms with Gasteiger partial charge in [0.15, 0.2) is 0 Å². The molecule has 0 aromatic heterocycles. The minimum atomic E-state index is -1.06.